The van der Waals surface area contributed by atoms with Crippen LogP contribution in [0.4, 0.5) is 0 Å². The maximum Gasteiger partial charge on any atom is 0.136 e. The van der Waals surface area contributed by atoms with Crippen LogP contribution in [0.5, 0.6) is 5.75 Å². The molecule has 1 heterocycles. The third-order valence-corrected chi connectivity index (χ3v) is 4.60. The Bertz CT molecular complexity index is 517. The molecule has 1 aliphatic rings. The van der Waals surface area contributed by atoms with Crippen LogP contribution < -0.4 is 4.74 Å². The van der Waals surface area contributed by atoms with Gasteiger partial charge < -0.3 is 4.74 Å². The fraction of sp³-hybridized carbons (Fsp3) is 0.611. The van der Waals surface area contributed by atoms with Crippen LogP contribution in [0.25, 0.3) is 0 Å². The van der Waals surface area contributed by atoms with Gasteiger partial charge in [-0.15, -0.1) is 0 Å². The number of hydrogen-bond acceptors (Lipinski definition) is 3. The normalized spacial score (nSPS) is 17.5. The zero-order valence-electron chi connectivity index (χ0n) is 13.6. The van der Waals surface area contributed by atoms with Crippen LogP contribution in [0.15, 0.2) is 18.2 Å². The SMILES string of the molecule is COc1ccc(CN2CCC(C(C)(C)C)CC2)cc1C#N. The highest BCUT2D eigenvalue weighted by Gasteiger charge is 2.28. The average Bonchev–Trinajstić information content (AvgIpc) is 2.46. The van der Waals surface area contributed by atoms with Crippen LogP contribution in [-0.4, -0.2) is 25.1 Å². The molecule has 0 atom stereocenters. The average molecular weight is 286 g/mol. The molecule has 2 rings (SSSR count). The predicted octanol–water partition coefficient (Wildman–Crippen LogP) is 3.82. The van der Waals surface area contributed by atoms with Gasteiger partial charge in [0.05, 0.1) is 12.7 Å². The van der Waals surface area contributed by atoms with Gasteiger partial charge in [0.1, 0.15) is 11.8 Å². The lowest BCUT2D eigenvalue weighted by Crippen LogP contribution is -2.37. The van der Waals surface area contributed by atoms with E-state index in [1.54, 1.807) is 7.11 Å². The van der Waals surface area contributed by atoms with E-state index in [0.29, 0.717) is 16.7 Å². The summed E-state index contributed by atoms with van der Waals surface area (Å²) in [5.41, 5.74) is 2.24. The van der Waals surface area contributed by atoms with Crippen molar-refractivity contribution in [1.82, 2.24) is 4.90 Å². The molecule has 1 aromatic rings. The maximum atomic E-state index is 9.16. The number of methoxy groups -OCH3 is 1. The van der Waals surface area contributed by atoms with Crippen LogP contribution in [0.2, 0.25) is 0 Å². The van der Waals surface area contributed by atoms with E-state index in [1.807, 2.05) is 12.1 Å². The lowest BCUT2D eigenvalue weighted by atomic mass is 9.75. The summed E-state index contributed by atoms with van der Waals surface area (Å²) in [5, 5.41) is 9.16. The Labute approximate surface area is 128 Å². The van der Waals surface area contributed by atoms with Gasteiger partial charge in [-0.05, 0) is 55.0 Å². The van der Waals surface area contributed by atoms with E-state index in [1.165, 1.54) is 18.4 Å². The molecule has 3 heteroatoms. The van der Waals surface area contributed by atoms with Gasteiger partial charge in [-0.1, -0.05) is 26.8 Å². The van der Waals surface area contributed by atoms with Gasteiger partial charge in [0.25, 0.3) is 0 Å². The number of nitrogens with zero attached hydrogens (tertiary/aromatic N) is 2. The second-order valence-electron chi connectivity index (χ2n) is 7.06. The fourth-order valence-electron chi connectivity index (χ4n) is 3.16. The fourth-order valence-corrected chi connectivity index (χ4v) is 3.16. The van der Waals surface area contributed by atoms with E-state index in [9.17, 15) is 0 Å². The van der Waals surface area contributed by atoms with E-state index in [4.69, 9.17) is 10.00 Å². The van der Waals surface area contributed by atoms with E-state index in [2.05, 4.69) is 37.8 Å². The van der Waals surface area contributed by atoms with Gasteiger partial charge >= 0.3 is 0 Å². The first-order valence-electron chi connectivity index (χ1n) is 7.73. The molecule has 0 radical (unpaired) electrons. The Morgan fingerprint density at radius 3 is 2.48 bits per heavy atom. The third-order valence-electron chi connectivity index (χ3n) is 4.60. The van der Waals surface area contributed by atoms with Crippen molar-refractivity contribution in [2.45, 2.75) is 40.2 Å². The monoisotopic (exact) mass is 286 g/mol. The zero-order chi connectivity index (χ0) is 15.5. The lowest BCUT2D eigenvalue weighted by molar-refractivity contribution is 0.108. The second kappa shape index (κ2) is 6.49. The summed E-state index contributed by atoms with van der Waals surface area (Å²) in [6, 6.07) is 8.12. The van der Waals surface area contributed by atoms with Gasteiger partial charge in [0.15, 0.2) is 0 Å². The summed E-state index contributed by atoms with van der Waals surface area (Å²) in [6.45, 7) is 10.3. The molecule has 1 aliphatic heterocycles. The Kier molecular flexibility index (Phi) is 4.90. The number of ether oxygens (including phenoxy) is 1. The summed E-state index contributed by atoms with van der Waals surface area (Å²) in [7, 11) is 1.60. The first-order chi connectivity index (χ1) is 9.94. The molecule has 0 bridgehead atoms. The van der Waals surface area contributed by atoms with Gasteiger partial charge in [-0.2, -0.15) is 5.26 Å². The van der Waals surface area contributed by atoms with Crippen LogP contribution in [0.1, 0.15) is 44.7 Å². The minimum Gasteiger partial charge on any atom is -0.495 e. The van der Waals surface area contributed by atoms with Crippen LogP contribution in [0.3, 0.4) is 0 Å². The Morgan fingerprint density at radius 2 is 1.95 bits per heavy atom. The molecule has 1 fully saturated rings. The zero-order valence-corrected chi connectivity index (χ0v) is 13.6. The van der Waals surface area contributed by atoms with Crippen molar-refractivity contribution in [1.29, 1.82) is 5.26 Å². The molecular weight excluding hydrogens is 260 g/mol. The van der Waals surface area contributed by atoms with Crippen LogP contribution >= 0.6 is 0 Å². The van der Waals surface area contributed by atoms with Crippen LogP contribution in [-0.2, 0) is 6.54 Å². The molecule has 0 spiro atoms. The largest absolute Gasteiger partial charge is 0.495 e. The summed E-state index contributed by atoms with van der Waals surface area (Å²) in [5.74, 6) is 1.48. The molecule has 0 amide bonds. The molecule has 1 aromatic carbocycles. The number of rotatable bonds is 3. The molecule has 114 valence electrons. The molecule has 21 heavy (non-hydrogen) atoms. The summed E-state index contributed by atoms with van der Waals surface area (Å²) >= 11 is 0. The smallest absolute Gasteiger partial charge is 0.136 e. The van der Waals surface area contributed by atoms with E-state index < -0.39 is 0 Å². The van der Waals surface area contributed by atoms with Crippen molar-refractivity contribution in [2.24, 2.45) is 11.3 Å². The lowest BCUT2D eigenvalue weighted by Gasteiger charge is -2.38. The molecule has 0 N–H and O–H groups in total. The highest BCUT2D eigenvalue weighted by atomic mass is 16.5. The molecule has 0 saturated carbocycles. The van der Waals surface area contributed by atoms with E-state index >= 15 is 0 Å². The van der Waals surface area contributed by atoms with Crippen molar-refractivity contribution in [3.8, 4) is 11.8 Å². The van der Waals surface area contributed by atoms with Crippen molar-refractivity contribution >= 4 is 0 Å². The standard InChI is InChI=1S/C18H26N2O/c1-18(2,3)16-7-9-20(10-8-16)13-14-5-6-17(21-4)15(11-14)12-19/h5-6,11,16H,7-10,13H2,1-4H3. The number of hydrogen-bond donors (Lipinski definition) is 0. The summed E-state index contributed by atoms with van der Waals surface area (Å²) in [4.78, 5) is 2.49. The Morgan fingerprint density at radius 1 is 1.29 bits per heavy atom. The molecule has 0 aromatic heterocycles. The highest BCUT2D eigenvalue weighted by molar-refractivity contribution is 5.45. The second-order valence-corrected chi connectivity index (χ2v) is 7.06. The van der Waals surface area contributed by atoms with Crippen molar-refractivity contribution < 1.29 is 4.74 Å². The maximum absolute atomic E-state index is 9.16. The van der Waals surface area contributed by atoms with Gasteiger partial charge in [0.2, 0.25) is 0 Å². The molecule has 1 saturated heterocycles. The van der Waals surface area contributed by atoms with Gasteiger partial charge in [0, 0.05) is 6.54 Å². The first kappa shape index (κ1) is 15.9. The van der Waals surface area contributed by atoms with Crippen molar-refractivity contribution in [3.63, 3.8) is 0 Å². The number of likely N-dealkylation sites (tertiary alicyclic amines) is 1. The quantitative estimate of drug-likeness (QED) is 0.847. The minimum atomic E-state index is 0.417. The van der Waals surface area contributed by atoms with E-state index in [0.717, 1.165) is 25.6 Å². The number of nitriles is 1. The number of benzene rings is 1. The Hall–Kier alpha value is -1.53. The predicted molar refractivity (Wildman–Crippen MR) is 85.2 cm³/mol. The molecule has 3 nitrogen and oxygen atoms in total. The molecular formula is C18H26N2O. The first-order valence-corrected chi connectivity index (χ1v) is 7.73. The van der Waals surface area contributed by atoms with Crippen molar-refractivity contribution in [2.75, 3.05) is 20.2 Å². The topological polar surface area (TPSA) is 36.3 Å². The number of piperidine rings is 1. The van der Waals surface area contributed by atoms with Gasteiger partial charge in [-0.25, -0.2) is 0 Å². The van der Waals surface area contributed by atoms with E-state index in [-0.39, 0.29) is 0 Å². The summed E-state index contributed by atoms with van der Waals surface area (Å²) in [6.07, 6.45) is 2.54. The Balaban J connectivity index is 1.97. The van der Waals surface area contributed by atoms with Crippen LogP contribution in [0, 0.1) is 22.7 Å². The highest BCUT2D eigenvalue weighted by Crippen LogP contribution is 2.34. The third kappa shape index (κ3) is 3.98. The van der Waals surface area contributed by atoms with Crippen molar-refractivity contribution in [3.05, 3.63) is 29.3 Å². The molecule has 0 aliphatic carbocycles. The minimum absolute atomic E-state index is 0.417. The van der Waals surface area contributed by atoms with Gasteiger partial charge in [-0.3, -0.25) is 4.90 Å². The summed E-state index contributed by atoms with van der Waals surface area (Å²) < 4.78 is 5.20. The molecule has 0 unspecified atom stereocenters.